The van der Waals surface area contributed by atoms with Gasteiger partial charge in [-0.15, -0.1) is 0 Å². The predicted octanol–water partition coefficient (Wildman–Crippen LogP) is 0.173. The van der Waals surface area contributed by atoms with Crippen LogP contribution in [0.15, 0.2) is 0 Å². The molecule has 0 aromatic heterocycles. The Morgan fingerprint density at radius 1 is 1.38 bits per heavy atom. The molecule has 0 heterocycles. The van der Waals surface area contributed by atoms with Gasteiger partial charge < -0.3 is 19.9 Å². The second-order valence-electron chi connectivity index (χ2n) is 4.13. The van der Waals surface area contributed by atoms with E-state index < -0.39 is 6.10 Å². The van der Waals surface area contributed by atoms with Gasteiger partial charge in [0, 0.05) is 13.7 Å². The Labute approximate surface area is 97.1 Å². The molecule has 0 aromatic carbocycles. The second kappa shape index (κ2) is 9.57. The van der Waals surface area contributed by atoms with Crippen molar-refractivity contribution in [2.24, 2.45) is 5.92 Å². The molecule has 0 aliphatic carbocycles. The van der Waals surface area contributed by atoms with Crippen molar-refractivity contribution in [1.82, 2.24) is 5.32 Å². The van der Waals surface area contributed by atoms with Crippen molar-refractivity contribution in [2.75, 3.05) is 33.5 Å². The average Bonchev–Trinajstić information content (AvgIpc) is 2.20. The highest BCUT2D eigenvalue weighted by molar-refractivity contribution is 5.77. The van der Waals surface area contributed by atoms with Gasteiger partial charge in [0.15, 0.2) is 0 Å². The fraction of sp³-hybridized carbons (Fsp3) is 0.909. The average molecular weight is 233 g/mol. The summed E-state index contributed by atoms with van der Waals surface area (Å²) in [4.78, 5) is 11.2. The van der Waals surface area contributed by atoms with Crippen LogP contribution in [0.5, 0.6) is 0 Å². The molecular weight excluding hydrogens is 210 g/mol. The number of hydrogen-bond donors (Lipinski definition) is 2. The van der Waals surface area contributed by atoms with Gasteiger partial charge in [-0.05, 0) is 12.3 Å². The van der Waals surface area contributed by atoms with E-state index in [-0.39, 0.29) is 19.1 Å². The van der Waals surface area contributed by atoms with E-state index in [1.807, 2.05) is 13.8 Å². The van der Waals surface area contributed by atoms with Crippen molar-refractivity contribution in [3.05, 3.63) is 0 Å². The summed E-state index contributed by atoms with van der Waals surface area (Å²) in [6.45, 7) is 5.22. The lowest BCUT2D eigenvalue weighted by Gasteiger charge is -2.13. The number of hydrogen-bond acceptors (Lipinski definition) is 4. The smallest absolute Gasteiger partial charge is 0.246 e. The van der Waals surface area contributed by atoms with Crippen LogP contribution in [0.3, 0.4) is 0 Å². The van der Waals surface area contributed by atoms with E-state index in [1.54, 1.807) is 7.11 Å². The summed E-state index contributed by atoms with van der Waals surface area (Å²) in [6, 6.07) is 0. The van der Waals surface area contributed by atoms with E-state index in [1.165, 1.54) is 0 Å². The number of ether oxygens (including phenoxy) is 2. The van der Waals surface area contributed by atoms with Crippen LogP contribution in [-0.2, 0) is 14.3 Å². The van der Waals surface area contributed by atoms with E-state index in [4.69, 9.17) is 9.47 Å². The summed E-state index contributed by atoms with van der Waals surface area (Å²) in [5.41, 5.74) is 0. The van der Waals surface area contributed by atoms with Crippen LogP contribution >= 0.6 is 0 Å². The lowest BCUT2D eigenvalue weighted by molar-refractivity contribution is -0.126. The molecule has 0 fully saturated rings. The molecule has 0 bridgehead atoms. The van der Waals surface area contributed by atoms with E-state index in [2.05, 4.69) is 5.32 Å². The Bertz CT molecular complexity index is 185. The van der Waals surface area contributed by atoms with Gasteiger partial charge >= 0.3 is 0 Å². The van der Waals surface area contributed by atoms with Gasteiger partial charge in [0.25, 0.3) is 0 Å². The zero-order valence-corrected chi connectivity index (χ0v) is 10.4. The Balaban J connectivity index is 3.42. The molecule has 0 rings (SSSR count). The monoisotopic (exact) mass is 233 g/mol. The molecule has 0 aromatic rings. The minimum absolute atomic E-state index is 0.0117. The molecule has 0 aliphatic rings. The molecule has 0 saturated heterocycles. The minimum atomic E-state index is -0.483. The third-order valence-corrected chi connectivity index (χ3v) is 1.94. The van der Waals surface area contributed by atoms with Gasteiger partial charge in [-0.3, -0.25) is 4.79 Å². The molecule has 5 nitrogen and oxygen atoms in total. The maximum Gasteiger partial charge on any atom is 0.246 e. The van der Waals surface area contributed by atoms with E-state index in [9.17, 15) is 9.90 Å². The first kappa shape index (κ1) is 15.3. The lowest BCUT2D eigenvalue weighted by Crippen LogP contribution is -2.35. The van der Waals surface area contributed by atoms with Gasteiger partial charge in [0.1, 0.15) is 6.61 Å². The summed E-state index contributed by atoms with van der Waals surface area (Å²) in [5, 5.41) is 12.1. The minimum Gasteiger partial charge on any atom is -0.391 e. The van der Waals surface area contributed by atoms with Crippen molar-refractivity contribution < 1.29 is 19.4 Å². The molecule has 0 radical (unpaired) electrons. The van der Waals surface area contributed by atoms with Crippen LogP contribution in [-0.4, -0.2) is 50.6 Å². The number of carbonyl (C=O) groups is 1. The molecular formula is C11H23NO4. The third kappa shape index (κ3) is 9.89. The van der Waals surface area contributed by atoms with E-state index in [0.717, 1.165) is 0 Å². The highest BCUT2D eigenvalue weighted by Crippen LogP contribution is 2.02. The molecule has 1 atom stereocenters. The Morgan fingerprint density at radius 3 is 2.62 bits per heavy atom. The highest BCUT2D eigenvalue weighted by Gasteiger charge is 2.08. The predicted molar refractivity (Wildman–Crippen MR) is 61.2 cm³/mol. The normalized spacial score (nSPS) is 12.8. The number of carbonyl (C=O) groups excluding carboxylic acids is 1. The molecule has 2 N–H and O–H groups in total. The van der Waals surface area contributed by atoms with Crippen molar-refractivity contribution in [1.29, 1.82) is 0 Å². The van der Waals surface area contributed by atoms with Crippen molar-refractivity contribution >= 4 is 5.91 Å². The zero-order chi connectivity index (χ0) is 12.4. The van der Waals surface area contributed by atoms with Crippen LogP contribution in [0, 0.1) is 5.92 Å². The number of aliphatic hydroxyl groups is 1. The largest absolute Gasteiger partial charge is 0.391 e. The number of amides is 1. The Hall–Kier alpha value is -0.650. The molecule has 16 heavy (non-hydrogen) atoms. The number of nitrogens with one attached hydrogen (secondary N) is 1. The summed E-state index contributed by atoms with van der Waals surface area (Å²) in [5.74, 6) is 0.212. The van der Waals surface area contributed by atoms with Gasteiger partial charge in [-0.2, -0.15) is 0 Å². The molecule has 0 saturated carbocycles. The van der Waals surface area contributed by atoms with Crippen molar-refractivity contribution in [3.63, 3.8) is 0 Å². The van der Waals surface area contributed by atoms with Crippen LogP contribution in [0.25, 0.3) is 0 Å². The number of methoxy groups -OCH3 is 1. The zero-order valence-electron chi connectivity index (χ0n) is 10.4. The fourth-order valence-electron chi connectivity index (χ4n) is 1.22. The maximum absolute atomic E-state index is 11.2. The molecule has 96 valence electrons. The number of aliphatic hydroxyl groups excluding tert-OH is 1. The molecule has 5 heteroatoms. The lowest BCUT2D eigenvalue weighted by atomic mass is 10.1. The maximum atomic E-state index is 11.2. The van der Waals surface area contributed by atoms with Crippen LogP contribution in [0.1, 0.15) is 20.3 Å². The van der Waals surface area contributed by atoms with Crippen LogP contribution in [0.4, 0.5) is 0 Å². The molecule has 1 amide bonds. The van der Waals surface area contributed by atoms with Crippen LogP contribution < -0.4 is 5.32 Å². The van der Waals surface area contributed by atoms with Crippen LogP contribution in [0.2, 0.25) is 0 Å². The Morgan fingerprint density at radius 2 is 2.06 bits per heavy atom. The SMILES string of the molecule is COCCOCC(=O)NCC(O)CC(C)C. The quantitative estimate of drug-likeness (QED) is 0.557. The highest BCUT2D eigenvalue weighted by atomic mass is 16.5. The van der Waals surface area contributed by atoms with Crippen molar-refractivity contribution in [3.8, 4) is 0 Å². The summed E-state index contributed by atoms with van der Waals surface area (Å²) in [6.07, 6.45) is 0.202. The first-order chi connectivity index (χ1) is 7.56. The van der Waals surface area contributed by atoms with Gasteiger partial charge in [0.05, 0.1) is 19.3 Å². The van der Waals surface area contributed by atoms with Gasteiger partial charge in [-0.25, -0.2) is 0 Å². The van der Waals surface area contributed by atoms with E-state index >= 15 is 0 Å². The summed E-state index contributed by atoms with van der Waals surface area (Å²) < 4.78 is 9.80. The summed E-state index contributed by atoms with van der Waals surface area (Å²) in [7, 11) is 1.58. The molecule has 1 unspecified atom stereocenters. The van der Waals surface area contributed by atoms with Gasteiger partial charge in [0.2, 0.25) is 5.91 Å². The molecule has 0 spiro atoms. The first-order valence-corrected chi connectivity index (χ1v) is 5.57. The standard InChI is InChI=1S/C11H23NO4/c1-9(2)6-10(13)7-12-11(14)8-16-5-4-15-3/h9-10,13H,4-8H2,1-3H3,(H,12,14). The molecule has 0 aliphatic heterocycles. The number of rotatable bonds is 9. The third-order valence-electron chi connectivity index (χ3n) is 1.94. The second-order valence-corrected chi connectivity index (χ2v) is 4.13. The van der Waals surface area contributed by atoms with Gasteiger partial charge in [-0.1, -0.05) is 13.8 Å². The topological polar surface area (TPSA) is 67.8 Å². The Kier molecular flexibility index (Phi) is 9.18. The first-order valence-electron chi connectivity index (χ1n) is 5.57. The summed E-state index contributed by atoms with van der Waals surface area (Å²) >= 11 is 0. The van der Waals surface area contributed by atoms with E-state index in [0.29, 0.717) is 25.6 Å². The van der Waals surface area contributed by atoms with Crippen molar-refractivity contribution in [2.45, 2.75) is 26.4 Å². The fourth-order valence-corrected chi connectivity index (χ4v) is 1.22.